The predicted molar refractivity (Wildman–Crippen MR) is 193 cm³/mol. The fourth-order valence-corrected chi connectivity index (χ4v) is 6.59. The Morgan fingerprint density at radius 2 is 1.19 bits per heavy atom. The Bertz CT molecular complexity index is 1300. The lowest BCUT2D eigenvalue weighted by atomic mass is 9.78. The normalized spacial score (nSPS) is 15.1. The summed E-state index contributed by atoms with van der Waals surface area (Å²) in [5, 5.41) is 0. The third-order valence-electron chi connectivity index (χ3n) is 9.43. The van der Waals surface area contributed by atoms with Gasteiger partial charge < -0.3 is 14.5 Å². The van der Waals surface area contributed by atoms with Crippen molar-refractivity contribution in [1.82, 2.24) is 14.7 Å². The Kier molecular flexibility index (Phi) is 13.0. The molecule has 1 fully saturated rings. The van der Waals surface area contributed by atoms with Crippen LogP contribution in [0.4, 0.5) is 8.78 Å². The van der Waals surface area contributed by atoms with Gasteiger partial charge in [0.05, 0.1) is 0 Å². The van der Waals surface area contributed by atoms with Crippen LogP contribution >= 0.6 is 0 Å². The molecule has 1 heterocycles. The first-order valence-electron chi connectivity index (χ1n) is 17.6. The van der Waals surface area contributed by atoms with Crippen LogP contribution in [-0.4, -0.2) is 74.7 Å². The van der Waals surface area contributed by atoms with Crippen molar-refractivity contribution in [2.45, 2.75) is 90.5 Å². The minimum absolute atomic E-state index is 0.0137. The predicted octanol–water partition coefficient (Wildman–Crippen LogP) is 9.01. The SMILES string of the molecule is CN(C)CCOc1c(C(C)(C)C)cc(CN2CCN(CCCCCC(c3ccc(F)cc3)c3ccc(F)cc3)CC2)cc1C(C)(C)C. The third kappa shape index (κ3) is 11.1. The fraction of sp³-hybridized carbons (Fsp3) is 0.561. The first kappa shape index (κ1) is 37.0. The van der Waals surface area contributed by atoms with Crippen LogP contribution in [0, 0.1) is 11.6 Å². The van der Waals surface area contributed by atoms with Gasteiger partial charge in [0, 0.05) is 56.3 Å². The van der Waals surface area contributed by atoms with Gasteiger partial charge >= 0.3 is 0 Å². The quantitative estimate of drug-likeness (QED) is 0.163. The summed E-state index contributed by atoms with van der Waals surface area (Å²) in [6, 6.07) is 18.4. The highest BCUT2D eigenvalue weighted by Crippen LogP contribution is 2.41. The summed E-state index contributed by atoms with van der Waals surface area (Å²) < 4.78 is 33.7. The lowest BCUT2D eigenvalue weighted by molar-refractivity contribution is 0.125. The standard InChI is InChI=1S/C41H59F2N3O/c1-40(2,3)37-28-31(29-38(41(4,5)6)39(37)47-27-26-44(7)8)30-46-24-22-45(23-25-46)21-11-9-10-12-36(32-13-17-34(42)18-14-32)33-15-19-35(43)20-16-33/h13-20,28-29,36H,9-12,21-27,30H2,1-8H3. The number of benzene rings is 3. The zero-order valence-corrected chi connectivity index (χ0v) is 30.3. The summed E-state index contributed by atoms with van der Waals surface area (Å²) >= 11 is 0. The van der Waals surface area contributed by atoms with E-state index in [1.807, 2.05) is 24.3 Å². The topological polar surface area (TPSA) is 19.0 Å². The molecule has 0 radical (unpaired) electrons. The van der Waals surface area contributed by atoms with Gasteiger partial charge in [-0.05, 0) is 85.3 Å². The van der Waals surface area contributed by atoms with Crippen LogP contribution < -0.4 is 4.74 Å². The number of unbranched alkanes of at least 4 members (excludes halogenated alkanes) is 2. The van der Waals surface area contributed by atoms with E-state index in [4.69, 9.17) is 4.74 Å². The molecule has 4 rings (SSSR count). The number of hydrogen-bond acceptors (Lipinski definition) is 4. The minimum Gasteiger partial charge on any atom is -0.492 e. The fourth-order valence-electron chi connectivity index (χ4n) is 6.59. The molecule has 6 heteroatoms. The summed E-state index contributed by atoms with van der Waals surface area (Å²) in [4.78, 5) is 7.38. The van der Waals surface area contributed by atoms with Crippen LogP contribution in [0.3, 0.4) is 0 Å². The maximum Gasteiger partial charge on any atom is 0.126 e. The molecular weight excluding hydrogens is 588 g/mol. The molecule has 3 aromatic rings. The molecule has 0 saturated carbocycles. The van der Waals surface area contributed by atoms with E-state index in [1.165, 1.54) is 47.4 Å². The second-order valence-corrected chi connectivity index (χ2v) is 15.8. The molecule has 0 unspecified atom stereocenters. The van der Waals surface area contributed by atoms with E-state index < -0.39 is 0 Å². The van der Waals surface area contributed by atoms with E-state index in [9.17, 15) is 8.78 Å². The van der Waals surface area contributed by atoms with Crippen LogP contribution in [0.2, 0.25) is 0 Å². The van der Waals surface area contributed by atoms with Crippen LogP contribution in [-0.2, 0) is 17.4 Å². The van der Waals surface area contributed by atoms with Gasteiger partial charge in [0.25, 0.3) is 0 Å². The van der Waals surface area contributed by atoms with Gasteiger partial charge in [-0.15, -0.1) is 0 Å². The molecule has 0 aliphatic carbocycles. The zero-order chi connectivity index (χ0) is 34.2. The lowest BCUT2D eigenvalue weighted by Gasteiger charge is -2.36. The Balaban J connectivity index is 1.29. The van der Waals surface area contributed by atoms with Crippen molar-refractivity contribution in [3.8, 4) is 5.75 Å². The molecule has 1 aliphatic rings. The Morgan fingerprint density at radius 1 is 0.702 bits per heavy atom. The van der Waals surface area contributed by atoms with E-state index in [2.05, 4.69) is 82.5 Å². The highest BCUT2D eigenvalue weighted by atomic mass is 19.1. The van der Waals surface area contributed by atoms with Gasteiger partial charge in [-0.1, -0.05) is 90.8 Å². The molecule has 0 amide bonds. The maximum absolute atomic E-state index is 13.6. The van der Waals surface area contributed by atoms with Crippen molar-refractivity contribution >= 4 is 0 Å². The second kappa shape index (κ2) is 16.5. The summed E-state index contributed by atoms with van der Waals surface area (Å²) in [6.07, 6.45) is 4.37. The first-order chi connectivity index (χ1) is 22.2. The average Bonchev–Trinajstić information content (AvgIpc) is 3.00. The van der Waals surface area contributed by atoms with Crippen molar-refractivity contribution in [3.05, 3.63) is 100 Å². The average molecular weight is 648 g/mol. The summed E-state index contributed by atoms with van der Waals surface area (Å²) in [6.45, 7) is 21.8. The number of halogens is 2. The maximum atomic E-state index is 13.6. The molecule has 258 valence electrons. The molecule has 1 aliphatic heterocycles. The second-order valence-electron chi connectivity index (χ2n) is 15.8. The molecule has 47 heavy (non-hydrogen) atoms. The van der Waals surface area contributed by atoms with Crippen molar-refractivity contribution in [2.24, 2.45) is 0 Å². The van der Waals surface area contributed by atoms with E-state index in [-0.39, 0.29) is 28.4 Å². The highest BCUT2D eigenvalue weighted by molar-refractivity contribution is 5.51. The van der Waals surface area contributed by atoms with Gasteiger partial charge in [0.15, 0.2) is 0 Å². The Labute approximate surface area is 284 Å². The van der Waals surface area contributed by atoms with E-state index in [0.29, 0.717) is 6.61 Å². The Morgan fingerprint density at radius 3 is 1.66 bits per heavy atom. The van der Waals surface area contributed by atoms with Crippen LogP contribution in [0.15, 0.2) is 60.7 Å². The number of nitrogens with zero attached hydrogens (tertiary/aromatic N) is 3. The van der Waals surface area contributed by atoms with Gasteiger partial charge in [0.1, 0.15) is 24.0 Å². The van der Waals surface area contributed by atoms with Crippen molar-refractivity contribution in [2.75, 3.05) is 60.0 Å². The van der Waals surface area contributed by atoms with E-state index in [1.54, 1.807) is 0 Å². The molecule has 0 atom stereocenters. The number of ether oxygens (including phenoxy) is 1. The molecule has 0 bridgehead atoms. The van der Waals surface area contributed by atoms with Crippen LogP contribution in [0.25, 0.3) is 0 Å². The smallest absolute Gasteiger partial charge is 0.126 e. The molecule has 0 N–H and O–H groups in total. The molecule has 4 nitrogen and oxygen atoms in total. The van der Waals surface area contributed by atoms with Crippen molar-refractivity contribution in [1.29, 1.82) is 0 Å². The minimum atomic E-state index is -0.227. The monoisotopic (exact) mass is 647 g/mol. The number of rotatable bonds is 14. The molecule has 0 aromatic heterocycles. The number of piperazine rings is 1. The van der Waals surface area contributed by atoms with Gasteiger partial charge in [-0.2, -0.15) is 0 Å². The number of hydrogen-bond donors (Lipinski definition) is 0. The van der Waals surface area contributed by atoms with E-state index >= 15 is 0 Å². The molecule has 3 aromatic carbocycles. The molecule has 0 spiro atoms. The van der Waals surface area contributed by atoms with Crippen molar-refractivity contribution < 1.29 is 13.5 Å². The van der Waals surface area contributed by atoms with Gasteiger partial charge in [-0.3, -0.25) is 4.90 Å². The zero-order valence-electron chi connectivity index (χ0n) is 30.3. The largest absolute Gasteiger partial charge is 0.492 e. The van der Waals surface area contributed by atoms with Crippen molar-refractivity contribution in [3.63, 3.8) is 0 Å². The van der Waals surface area contributed by atoms with Gasteiger partial charge in [0.2, 0.25) is 0 Å². The van der Waals surface area contributed by atoms with E-state index in [0.717, 1.165) is 82.0 Å². The molecular formula is C41H59F2N3O. The van der Waals surface area contributed by atoms with Gasteiger partial charge in [-0.25, -0.2) is 8.78 Å². The summed E-state index contributed by atoms with van der Waals surface area (Å²) in [5.74, 6) is 0.766. The van der Waals surface area contributed by atoms with Crippen LogP contribution in [0.1, 0.15) is 101 Å². The number of likely N-dealkylation sites (N-methyl/N-ethyl adjacent to an activating group) is 1. The Hall–Kier alpha value is -2.80. The third-order valence-corrected chi connectivity index (χ3v) is 9.43. The summed E-state index contributed by atoms with van der Waals surface area (Å²) in [7, 11) is 4.18. The molecule has 1 saturated heterocycles. The lowest BCUT2D eigenvalue weighted by Crippen LogP contribution is -2.46. The highest BCUT2D eigenvalue weighted by Gasteiger charge is 2.29. The first-order valence-corrected chi connectivity index (χ1v) is 17.6. The summed E-state index contributed by atoms with van der Waals surface area (Å²) in [5.41, 5.74) is 6.14. The van der Waals surface area contributed by atoms with Crippen LogP contribution in [0.5, 0.6) is 5.75 Å².